The van der Waals surface area contributed by atoms with Gasteiger partial charge >= 0.3 is 11.9 Å². The van der Waals surface area contributed by atoms with Crippen molar-refractivity contribution < 1.29 is 64.3 Å². The molecule has 0 spiro atoms. The van der Waals surface area contributed by atoms with Gasteiger partial charge in [-0.05, 0) is 116 Å². The summed E-state index contributed by atoms with van der Waals surface area (Å²) in [5.74, 6) is -1.33. The highest BCUT2D eigenvalue weighted by atomic mass is 16.8. The number of carboxylic acids is 2. The van der Waals surface area contributed by atoms with Crippen molar-refractivity contribution in [3.63, 3.8) is 0 Å². The number of fused-ring (bicyclic) bond motifs is 7. The summed E-state index contributed by atoms with van der Waals surface area (Å²) in [6, 6.07) is 0. The van der Waals surface area contributed by atoms with Gasteiger partial charge in [0.25, 0.3) is 0 Å². The molecule has 0 aromatic heterocycles. The molecule has 54 heavy (non-hydrogen) atoms. The van der Waals surface area contributed by atoms with Crippen LogP contribution in [0.5, 0.6) is 0 Å². The number of carboxylic acid groups (broad SMARTS) is 2. The highest BCUT2D eigenvalue weighted by Gasteiger charge is 2.69. The lowest BCUT2D eigenvalue weighted by Gasteiger charge is -2.71. The molecule has 13 heteroatoms. The SMILES string of the molecule is CC1(C)[C@@H](O[C@@H]2O[C@H](C(=O)O)[C@@H](O)[C@H](O)[C@H]2O[C@@H]2OC[C@H](O)[C@H](O)[C@H]2O)CC[C@]2(C)[C@H]3CC=C4[C@@H]5C[C@](C)(C(=O)O)CC[C@]5(C)CC[C@@]4(C)[C@]3(C)CC[C@@H]12. The van der Waals surface area contributed by atoms with Crippen LogP contribution in [-0.4, -0.2) is 116 Å². The van der Waals surface area contributed by atoms with E-state index in [0.717, 1.165) is 51.4 Å². The van der Waals surface area contributed by atoms with Crippen LogP contribution in [0.25, 0.3) is 0 Å². The molecule has 7 N–H and O–H groups in total. The van der Waals surface area contributed by atoms with Crippen LogP contribution in [0, 0.1) is 50.2 Å². The maximum atomic E-state index is 12.5. The summed E-state index contributed by atoms with van der Waals surface area (Å²) in [6.07, 6.45) is -3.66. The van der Waals surface area contributed by atoms with E-state index in [2.05, 4.69) is 47.6 Å². The van der Waals surface area contributed by atoms with Crippen molar-refractivity contribution in [2.24, 2.45) is 50.2 Å². The van der Waals surface area contributed by atoms with Crippen LogP contribution < -0.4 is 0 Å². The Morgan fingerprint density at radius 1 is 0.759 bits per heavy atom. The van der Waals surface area contributed by atoms with Crippen molar-refractivity contribution in [3.8, 4) is 0 Å². The third-order valence-corrected chi connectivity index (χ3v) is 17.1. The summed E-state index contributed by atoms with van der Waals surface area (Å²) in [6.45, 7) is 15.7. The molecule has 0 aromatic carbocycles. The predicted octanol–water partition coefficient (Wildman–Crippen LogP) is 3.61. The monoisotopic (exact) mass is 764 g/mol. The quantitative estimate of drug-likeness (QED) is 0.152. The molecule has 0 aromatic rings. The maximum Gasteiger partial charge on any atom is 0.335 e. The van der Waals surface area contributed by atoms with Crippen molar-refractivity contribution in [2.45, 2.75) is 174 Å². The van der Waals surface area contributed by atoms with Gasteiger partial charge in [-0.3, -0.25) is 4.79 Å². The molecule has 2 aliphatic heterocycles. The number of hydrogen-bond donors (Lipinski definition) is 7. The lowest BCUT2D eigenvalue weighted by Crippen LogP contribution is -2.66. The Balaban J connectivity index is 1.15. The Morgan fingerprint density at radius 3 is 2.11 bits per heavy atom. The zero-order valence-corrected chi connectivity index (χ0v) is 32.9. The number of allylic oxidation sites excluding steroid dienone is 2. The highest BCUT2D eigenvalue weighted by Crippen LogP contribution is 2.76. The third-order valence-electron chi connectivity index (χ3n) is 17.1. The summed E-state index contributed by atoms with van der Waals surface area (Å²) in [4.78, 5) is 24.6. The Kier molecular flexibility index (Phi) is 10.1. The van der Waals surface area contributed by atoms with Crippen LogP contribution >= 0.6 is 0 Å². The molecule has 306 valence electrons. The van der Waals surface area contributed by atoms with Gasteiger partial charge in [0.1, 0.15) is 36.6 Å². The number of carbonyl (C=O) groups is 2. The second kappa shape index (κ2) is 13.4. The first-order chi connectivity index (χ1) is 25.0. The summed E-state index contributed by atoms with van der Waals surface area (Å²) < 4.78 is 23.8. The summed E-state index contributed by atoms with van der Waals surface area (Å²) in [5.41, 5.74) is 0.325. The van der Waals surface area contributed by atoms with Gasteiger partial charge in [0.15, 0.2) is 18.7 Å². The number of rotatable bonds is 6. The minimum Gasteiger partial charge on any atom is -0.481 e. The molecule has 0 unspecified atom stereocenters. The molecule has 6 fully saturated rings. The predicted molar refractivity (Wildman–Crippen MR) is 192 cm³/mol. The molecule has 13 nitrogen and oxygen atoms in total. The fourth-order valence-corrected chi connectivity index (χ4v) is 13.3. The van der Waals surface area contributed by atoms with Crippen LogP contribution in [-0.2, 0) is 28.5 Å². The van der Waals surface area contributed by atoms with Gasteiger partial charge in [0, 0.05) is 0 Å². The molecule has 4 saturated carbocycles. The van der Waals surface area contributed by atoms with Crippen molar-refractivity contribution in [1.29, 1.82) is 0 Å². The van der Waals surface area contributed by atoms with Crippen LogP contribution in [0.2, 0.25) is 0 Å². The summed E-state index contributed by atoms with van der Waals surface area (Å²) in [7, 11) is 0. The van der Waals surface area contributed by atoms with Gasteiger partial charge in [-0.2, -0.15) is 0 Å². The van der Waals surface area contributed by atoms with E-state index < -0.39 is 84.2 Å². The topological polar surface area (TPSA) is 213 Å². The van der Waals surface area contributed by atoms with Crippen molar-refractivity contribution in [2.75, 3.05) is 6.61 Å². The standard InChI is InChI=1S/C41H64O13/c1-36(2)23-10-13-41(7)24(9-8-20-21-18-38(4,35(49)50)15-14-37(21,3)16-17-40(20,41)6)39(23,5)12-11-25(36)52-34-31(28(45)27(44)30(53-34)32(47)48)54-33-29(46)26(43)22(42)19-51-33/h8,21-31,33-34,42-46H,9-19H2,1-7H3,(H,47,48)(H,49,50)/t21-,22-,23-,24+,25-,26-,27-,28-,29+,30-,31+,33-,34+,37+,38+,39-,40+,41+/m0/s1. The number of aliphatic hydroxyl groups excluding tert-OH is 5. The van der Waals surface area contributed by atoms with Crippen molar-refractivity contribution >= 4 is 11.9 Å². The Labute approximate surface area is 318 Å². The van der Waals surface area contributed by atoms with Gasteiger partial charge in [-0.15, -0.1) is 0 Å². The van der Waals surface area contributed by atoms with E-state index in [9.17, 15) is 45.3 Å². The molecule has 7 aliphatic rings. The first kappa shape index (κ1) is 40.5. The van der Waals surface area contributed by atoms with Gasteiger partial charge in [0.2, 0.25) is 0 Å². The Hall–Kier alpha value is -1.68. The van der Waals surface area contributed by atoms with E-state index in [-0.39, 0.29) is 40.1 Å². The lowest BCUT2D eigenvalue weighted by atomic mass is 9.33. The van der Waals surface area contributed by atoms with E-state index >= 15 is 0 Å². The zero-order chi connectivity index (χ0) is 39.6. The summed E-state index contributed by atoms with van der Waals surface area (Å²) in [5, 5.41) is 72.8. The van der Waals surface area contributed by atoms with E-state index in [4.69, 9.17) is 18.9 Å². The minimum absolute atomic E-state index is 0.00383. The Bertz CT molecular complexity index is 1520. The molecule has 2 saturated heterocycles. The maximum absolute atomic E-state index is 12.5. The average molecular weight is 765 g/mol. The number of ether oxygens (including phenoxy) is 4. The van der Waals surface area contributed by atoms with Crippen LogP contribution in [0.15, 0.2) is 11.6 Å². The van der Waals surface area contributed by atoms with Gasteiger partial charge in [-0.25, -0.2) is 4.79 Å². The van der Waals surface area contributed by atoms with Crippen molar-refractivity contribution in [1.82, 2.24) is 0 Å². The second-order valence-corrected chi connectivity index (χ2v) is 20.2. The second-order valence-electron chi connectivity index (χ2n) is 20.2. The van der Waals surface area contributed by atoms with E-state index in [1.807, 2.05) is 6.92 Å². The highest BCUT2D eigenvalue weighted by molar-refractivity contribution is 5.74. The van der Waals surface area contributed by atoms with Gasteiger partial charge in [-0.1, -0.05) is 53.2 Å². The smallest absolute Gasteiger partial charge is 0.335 e. The Morgan fingerprint density at radius 2 is 1.44 bits per heavy atom. The fraction of sp³-hybridized carbons (Fsp3) is 0.902. The first-order valence-corrected chi connectivity index (χ1v) is 20.2. The first-order valence-electron chi connectivity index (χ1n) is 20.2. The molecular weight excluding hydrogens is 700 g/mol. The van der Waals surface area contributed by atoms with Gasteiger partial charge in [0.05, 0.1) is 18.1 Å². The van der Waals surface area contributed by atoms with Gasteiger partial charge < -0.3 is 54.7 Å². The lowest BCUT2D eigenvalue weighted by molar-refractivity contribution is -0.366. The molecule has 5 aliphatic carbocycles. The number of hydrogen-bond acceptors (Lipinski definition) is 11. The van der Waals surface area contributed by atoms with Crippen LogP contribution in [0.4, 0.5) is 0 Å². The molecule has 0 amide bonds. The van der Waals surface area contributed by atoms with Crippen LogP contribution in [0.1, 0.15) is 113 Å². The largest absolute Gasteiger partial charge is 0.481 e. The van der Waals surface area contributed by atoms with E-state index in [1.165, 1.54) is 5.57 Å². The average Bonchev–Trinajstić information content (AvgIpc) is 3.09. The zero-order valence-electron chi connectivity index (χ0n) is 32.9. The van der Waals surface area contributed by atoms with E-state index in [0.29, 0.717) is 18.8 Å². The fourth-order valence-electron chi connectivity index (χ4n) is 13.3. The molecule has 18 atom stereocenters. The van der Waals surface area contributed by atoms with E-state index in [1.54, 1.807) is 0 Å². The molecule has 2 heterocycles. The summed E-state index contributed by atoms with van der Waals surface area (Å²) >= 11 is 0. The van der Waals surface area contributed by atoms with Crippen LogP contribution in [0.3, 0.4) is 0 Å². The minimum atomic E-state index is -1.88. The number of aliphatic hydroxyl groups is 5. The number of aliphatic carboxylic acids is 2. The van der Waals surface area contributed by atoms with Crippen molar-refractivity contribution in [3.05, 3.63) is 11.6 Å². The molecule has 0 bridgehead atoms. The molecule has 0 radical (unpaired) electrons. The molecule has 7 rings (SSSR count). The molecular formula is C41H64O13. The normalized spacial score (nSPS) is 54.2. The third kappa shape index (κ3) is 5.88.